The van der Waals surface area contributed by atoms with Crippen molar-refractivity contribution in [3.8, 4) is 39.4 Å². The lowest BCUT2D eigenvalue weighted by atomic mass is 9.86. The summed E-state index contributed by atoms with van der Waals surface area (Å²) < 4.78 is 2.34. The van der Waals surface area contributed by atoms with Gasteiger partial charge in [0.05, 0.1) is 16.7 Å². The molecule has 5 heteroatoms. The smallest absolute Gasteiger partial charge is 0.161 e. The first kappa shape index (κ1) is 39.8. The fourth-order valence-electron chi connectivity index (χ4n) is 8.76. The van der Waals surface area contributed by atoms with E-state index in [0.29, 0.717) is 29.1 Å². The number of allylic oxidation sites excluding steroid dienone is 2. The molecule has 0 unspecified atom stereocenters. The van der Waals surface area contributed by atoms with Crippen molar-refractivity contribution in [3.05, 3.63) is 185 Å². The molecule has 0 bridgehead atoms. The topological polar surface area (TPSA) is 70.1 Å². The number of amidine groups is 1. The quantitative estimate of drug-likeness (QED) is 0.0823. The van der Waals surface area contributed by atoms with E-state index < -0.39 is 0 Å². The van der Waals surface area contributed by atoms with Gasteiger partial charge in [-0.25, -0.2) is 9.98 Å². The largest absolute Gasteiger partial charge is 0.504 e. The minimum atomic E-state index is -0.0897. The highest BCUT2D eigenvalue weighted by atomic mass is 16.3. The van der Waals surface area contributed by atoms with Gasteiger partial charge in [-0.2, -0.15) is 0 Å². The minimum Gasteiger partial charge on any atom is -0.504 e. The summed E-state index contributed by atoms with van der Waals surface area (Å²) in [5.74, 6) is 0.506. The molecule has 0 saturated carbocycles. The van der Waals surface area contributed by atoms with Crippen LogP contribution in [0.5, 0.6) is 11.5 Å². The SMILES string of the molecule is C=Cc1c(C)c(O)c(O)c(CC)c1-c1cccc2c1c1ccccc1n2-c1ccc(-c2cc(C(C)=NC(=NC(=C)c3ccccc3)C3=CCCC=C3)ccc2CC)c(C)c1. The number of hydrogen-bond acceptors (Lipinski definition) is 3. The molecule has 1 heterocycles. The normalized spacial score (nSPS) is 13.2. The summed E-state index contributed by atoms with van der Waals surface area (Å²) in [5.41, 5.74) is 16.6. The lowest BCUT2D eigenvalue weighted by Crippen LogP contribution is -2.06. The van der Waals surface area contributed by atoms with Crippen molar-refractivity contribution >= 4 is 45.1 Å². The average Bonchev–Trinajstić information content (AvgIpc) is 3.63. The van der Waals surface area contributed by atoms with Crippen LogP contribution in [0.25, 0.3) is 61.5 Å². The second-order valence-corrected chi connectivity index (χ2v) is 15.5. The van der Waals surface area contributed by atoms with Gasteiger partial charge >= 0.3 is 0 Å². The number of aromatic hydroxyl groups is 2. The Hall–Kier alpha value is -6.98. The zero-order valence-electron chi connectivity index (χ0n) is 35.2. The van der Waals surface area contributed by atoms with Gasteiger partial charge in [0.2, 0.25) is 0 Å². The van der Waals surface area contributed by atoms with E-state index in [4.69, 9.17) is 9.98 Å². The van der Waals surface area contributed by atoms with Gasteiger partial charge in [0, 0.05) is 38.9 Å². The number of aliphatic imine (C=N–C) groups is 2. The molecule has 0 saturated heterocycles. The summed E-state index contributed by atoms with van der Waals surface area (Å²) in [5, 5.41) is 24.3. The molecule has 0 amide bonds. The lowest BCUT2D eigenvalue weighted by Gasteiger charge is -2.19. The third-order valence-electron chi connectivity index (χ3n) is 11.9. The standard InChI is InChI=1S/C55H51N3O2/c1-8-38-28-29-41(37(7)57-55(40-22-15-12-16-23-40)56-36(6)39-20-13-11-14-21-39)33-48(38)45-31-30-42(32-34(45)4)58-49-26-18-17-24-46(49)52-47(25-19-27-50(52)58)51-43(9-2)35(5)53(59)54(60)44(51)10-3/h9,11,13-15,17-33,59-60H,2,6,8,10,12,16H2,1,3-5,7H3. The molecule has 1 aliphatic rings. The average molecular weight is 786 g/mol. The summed E-state index contributed by atoms with van der Waals surface area (Å²) in [7, 11) is 0. The number of aryl methyl sites for hydroxylation is 2. The van der Waals surface area contributed by atoms with E-state index in [0.717, 1.165) is 91.4 Å². The van der Waals surface area contributed by atoms with Gasteiger partial charge in [-0.05, 0) is 127 Å². The van der Waals surface area contributed by atoms with Gasteiger partial charge in [-0.1, -0.05) is 130 Å². The molecule has 2 N–H and O–H groups in total. The van der Waals surface area contributed by atoms with Crippen molar-refractivity contribution in [3.63, 3.8) is 0 Å². The molecule has 0 atom stereocenters. The maximum absolute atomic E-state index is 11.2. The summed E-state index contributed by atoms with van der Waals surface area (Å²) in [4.78, 5) is 10.1. The maximum atomic E-state index is 11.2. The molecule has 0 spiro atoms. The van der Waals surface area contributed by atoms with E-state index in [1.165, 1.54) is 16.7 Å². The maximum Gasteiger partial charge on any atom is 0.161 e. The number of rotatable bonds is 10. The van der Waals surface area contributed by atoms with Crippen molar-refractivity contribution in [1.82, 2.24) is 4.57 Å². The van der Waals surface area contributed by atoms with Crippen LogP contribution in [0.2, 0.25) is 0 Å². The zero-order valence-corrected chi connectivity index (χ0v) is 35.2. The number of hydrogen-bond donors (Lipinski definition) is 2. The molecule has 60 heavy (non-hydrogen) atoms. The van der Waals surface area contributed by atoms with Gasteiger partial charge in [0.15, 0.2) is 17.3 Å². The molecular weight excluding hydrogens is 735 g/mol. The molecule has 1 aliphatic carbocycles. The lowest BCUT2D eigenvalue weighted by molar-refractivity contribution is 0.397. The number of benzene rings is 6. The van der Waals surface area contributed by atoms with Gasteiger partial charge in [0.1, 0.15) is 0 Å². The number of nitrogens with zero attached hydrogens (tertiary/aromatic N) is 3. The van der Waals surface area contributed by atoms with Gasteiger partial charge < -0.3 is 14.8 Å². The van der Waals surface area contributed by atoms with Crippen LogP contribution in [-0.2, 0) is 12.8 Å². The molecule has 5 nitrogen and oxygen atoms in total. The highest BCUT2D eigenvalue weighted by Gasteiger charge is 2.24. The molecule has 0 fully saturated rings. The highest BCUT2D eigenvalue weighted by Crippen LogP contribution is 2.47. The first-order valence-electron chi connectivity index (χ1n) is 20.9. The van der Waals surface area contributed by atoms with Crippen molar-refractivity contribution in [1.29, 1.82) is 0 Å². The van der Waals surface area contributed by atoms with Crippen LogP contribution in [0.15, 0.2) is 156 Å². The van der Waals surface area contributed by atoms with Crippen molar-refractivity contribution in [2.24, 2.45) is 9.98 Å². The van der Waals surface area contributed by atoms with Crippen LogP contribution in [0.1, 0.15) is 72.6 Å². The molecule has 8 rings (SSSR count). The molecule has 0 radical (unpaired) electrons. The third-order valence-corrected chi connectivity index (χ3v) is 11.9. The van der Waals surface area contributed by atoms with E-state index in [-0.39, 0.29) is 11.5 Å². The number of phenols is 2. The summed E-state index contributed by atoms with van der Waals surface area (Å²) in [6, 6.07) is 38.4. The zero-order chi connectivity index (χ0) is 42.1. The van der Waals surface area contributed by atoms with Crippen molar-refractivity contribution < 1.29 is 10.2 Å². The van der Waals surface area contributed by atoms with Gasteiger partial charge in [-0.3, -0.25) is 0 Å². The third kappa shape index (κ3) is 7.11. The van der Waals surface area contributed by atoms with Gasteiger partial charge in [0.25, 0.3) is 0 Å². The summed E-state index contributed by atoms with van der Waals surface area (Å²) in [6.45, 7) is 18.7. The summed E-state index contributed by atoms with van der Waals surface area (Å²) in [6.07, 6.45) is 11.7. The molecule has 298 valence electrons. The highest BCUT2D eigenvalue weighted by molar-refractivity contribution is 6.17. The van der Waals surface area contributed by atoms with E-state index in [1.807, 2.05) is 44.2 Å². The fourth-order valence-corrected chi connectivity index (χ4v) is 8.76. The molecule has 7 aromatic rings. The Balaban J connectivity index is 1.24. The van der Waals surface area contributed by atoms with Crippen LogP contribution < -0.4 is 0 Å². The Morgan fingerprint density at radius 3 is 2.23 bits per heavy atom. The predicted molar refractivity (Wildman–Crippen MR) is 255 cm³/mol. The van der Waals surface area contributed by atoms with E-state index in [2.05, 4.69) is 136 Å². The number of para-hydroxylation sites is 1. The first-order valence-corrected chi connectivity index (χ1v) is 20.9. The number of aromatic nitrogens is 1. The summed E-state index contributed by atoms with van der Waals surface area (Å²) >= 11 is 0. The number of phenolic OH excluding ortho intramolecular Hbond substituents is 2. The van der Waals surface area contributed by atoms with Crippen molar-refractivity contribution in [2.75, 3.05) is 0 Å². The van der Waals surface area contributed by atoms with E-state index in [9.17, 15) is 10.2 Å². The van der Waals surface area contributed by atoms with E-state index >= 15 is 0 Å². The van der Waals surface area contributed by atoms with Crippen molar-refractivity contribution in [2.45, 2.75) is 60.3 Å². The number of fused-ring (bicyclic) bond motifs is 3. The second-order valence-electron chi connectivity index (χ2n) is 15.5. The Labute approximate surface area is 353 Å². The molecule has 0 aliphatic heterocycles. The first-order chi connectivity index (χ1) is 29.1. The Bertz CT molecular complexity index is 2970. The Morgan fingerprint density at radius 2 is 1.52 bits per heavy atom. The van der Waals surface area contributed by atoms with Gasteiger partial charge in [-0.15, -0.1) is 0 Å². The van der Waals surface area contributed by atoms with E-state index in [1.54, 1.807) is 6.08 Å². The van der Waals surface area contributed by atoms with Crippen LogP contribution in [-0.4, -0.2) is 26.3 Å². The molecular formula is C55H51N3O2. The fraction of sp³-hybridized carbons (Fsp3) is 0.164. The second kappa shape index (κ2) is 16.7. The predicted octanol–water partition coefficient (Wildman–Crippen LogP) is 14.1. The van der Waals surface area contributed by atoms with Crippen LogP contribution in [0, 0.1) is 13.8 Å². The monoisotopic (exact) mass is 785 g/mol. The van der Waals surface area contributed by atoms with Crippen LogP contribution >= 0.6 is 0 Å². The molecule has 6 aromatic carbocycles. The Morgan fingerprint density at radius 1 is 0.750 bits per heavy atom. The van der Waals surface area contributed by atoms with Crippen LogP contribution in [0.4, 0.5) is 0 Å². The van der Waals surface area contributed by atoms with Crippen LogP contribution in [0.3, 0.4) is 0 Å². The Kier molecular flexibility index (Phi) is 11.1. The molecule has 1 aromatic heterocycles. The minimum absolute atomic E-state index is 0.0687.